The largest absolute Gasteiger partial charge is 0.497 e. The standard InChI is InChI=1S/C19H26BNO2S/c1-12-8-13(2)17(14(3)9-12)21-16-11-24-10-15(16)20-22-18(4,5)19(6,7)23-20/h8-11,21H,1-7H3. The van der Waals surface area contributed by atoms with Crippen molar-refractivity contribution in [2.75, 3.05) is 5.32 Å². The van der Waals surface area contributed by atoms with Crippen LogP contribution in [0.3, 0.4) is 0 Å². The number of hydrogen-bond donors (Lipinski definition) is 1. The predicted octanol–water partition coefficient (Wildman–Crippen LogP) is 4.72. The predicted molar refractivity (Wildman–Crippen MR) is 104 cm³/mol. The molecule has 0 aliphatic carbocycles. The minimum Gasteiger partial charge on any atom is -0.399 e. The Labute approximate surface area is 149 Å². The lowest BCUT2D eigenvalue weighted by molar-refractivity contribution is 0.00578. The summed E-state index contributed by atoms with van der Waals surface area (Å²) >= 11 is 1.66. The molecule has 1 aliphatic heterocycles. The molecule has 0 atom stereocenters. The fourth-order valence-electron chi connectivity index (χ4n) is 3.07. The summed E-state index contributed by atoms with van der Waals surface area (Å²) in [5, 5.41) is 7.84. The van der Waals surface area contributed by atoms with E-state index in [0.717, 1.165) is 16.8 Å². The van der Waals surface area contributed by atoms with Gasteiger partial charge in [0.2, 0.25) is 0 Å². The summed E-state index contributed by atoms with van der Waals surface area (Å²) < 4.78 is 12.4. The van der Waals surface area contributed by atoms with Crippen molar-refractivity contribution in [3.63, 3.8) is 0 Å². The fourth-order valence-corrected chi connectivity index (χ4v) is 3.86. The molecule has 2 aromatic rings. The van der Waals surface area contributed by atoms with Crippen LogP contribution in [0, 0.1) is 20.8 Å². The van der Waals surface area contributed by atoms with E-state index >= 15 is 0 Å². The molecule has 1 aromatic carbocycles. The van der Waals surface area contributed by atoms with Crippen LogP contribution in [0.2, 0.25) is 0 Å². The van der Waals surface area contributed by atoms with Crippen LogP contribution in [0.4, 0.5) is 11.4 Å². The van der Waals surface area contributed by atoms with E-state index in [4.69, 9.17) is 9.31 Å². The lowest BCUT2D eigenvalue weighted by atomic mass is 9.80. The topological polar surface area (TPSA) is 30.5 Å². The molecule has 3 rings (SSSR count). The number of aryl methyl sites for hydroxylation is 3. The normalized spacial score (nSPS) is 18.9. The van der Waals surface area contributed by atoms with Crippen molar-refractivity contribution in [2.24, 2.45) is 0 Å². The van der Waals surface area contributed by atoms with E-state index in [0.29, 0.717) is 0 Å². The van der Waals surface area contributed by atoms with Gasteiger partial charge in [-0.15, -0.1) is 0 Å². The maximum absolute atomic E-state index is 6.21. The van der Waals surface area contributed by atoms with Crippen molar-refractivity contribution in [3.05, 3.63) is 39.6 Å². The average molecular weight is 343 g/mol. The van der Waals surface area contributed by atoms with Crippen LogP contribution in [-0.4, -0.2) is 18.3 Å². The molecular weight excluding hydrogens is 317 g/mol. The van der Waals surface area contributed by atoms with E-state index < -0.39 is 0 Å². The van der Waals surface area contributed by atoms with E-state index in [9.17, 15) is 0 Å². The SMILES string of the molecule is Cc1cc(C)c(Nc2cscc2B2OC(C)(C)C(C)(C)O2)c(C)c1. The monoisotopic (exact) mass is 343 g/mol. The molecule has 0 spiro atoms. The van der Waals surface area contributed by atoms with Crippen LogP contribution in [0.1, 0.15) is 44.4 Å². The van der Waals surface area contributed by atoms with Gasteiger partial charge in [0, 0.05) is 22.2 Å². The third kappa shape index (κ3) is 3.01. The molecule has 0 saturated carbocycles. The minimum atomic E-state index is -0.338. The highest BCUT2D eigenvalue weighted by Gasteiger charge is 2.52. The van der Waals surface area contributed by atoms with Gasteiger partial charge >= 0.3 is 7.12 Å². The summed E-state index contributed by atoms with van der Waals surface area (Å²) in [4.78, 5) is 0. The molecule has 0 bridgehead atoms. The molecule has 3 nitrogen and oxygen atoms in total. The Bertz CT molecular complexity index is 727. The van der Waals surface area contributed by atoms with Gasteiger partial charge in [-0.05, 0) is 65.0 Å². The molecule has 0 amide bonds. The number of anilines is 2. The van der Waals surface area contributed by atoms with Crippen LogP contribution in [0.25, 0.3) is 0 Å². The zero-order valence-corrected chi connectivity index (χ0v) is 16.4. The first-order valence-corrected chi connectivity index (χ1v) is 9.31. The van der Waals surface area contributed by atoms with Gasteiger partial charge in [0.1, 0.15) is 0 Å². The number of benzene rings is 1. The van der Waals surface area contributed by atoms with Crippen LogP contribution in [0.5, 0.6) is 0 Å². The molecule has 0 unspecified atom stereocenters. The van der Waals surface area contributed by atoms with Crippen LogP contribution >= 0.6 is 11.3 Å². The Morgan fingerprint density at radius 1 is 0.917 bits per heavy atom. The molecule has 0 radical (unpaired) electrons. The third-order valence-electron chi connectivity index (χ3n) is 5.14. The van der Waals surface area contributed by atoms with Crippen molar-refractivity contribution >= 4 is 35.3 Å². The summed E-state index contributed by atoms with van der Waals surface area (Å²) in [6.07, 6.45) is 0. The maximum atomic E-state index is 6.21. The summed E-state index contributed by atoms with van der Waals surface area (Å²) in [6.45, 7) is 14.7. The smallest absolute Gasteiger partial charge is 0.399 e. The lowest BCUT2D eigenvalue weighted by Gasteiger charge is -2.32. The van der Waals surface area contributed by atoms with Gasteiger partial charge < -0.3 is 14.6 Å². The maximum Gasteiger partial charge on any atom is 0.497 e. The fraction of sp³-hybridized carbons (Fsp3) is 0.474. The molecule has 1 N–H and O–H groups in total. The second kappa shape index (κ2) is 5.90. The van der Waals surface area contributed by atoms with Crippen molar-refractivity contribution in [1.82, 2.24) is 0 Å². The molecular formula is C19H26BNO2S. The Morgan fingerprint density at radius 2 is 1.46 bits per heavy atom. The summed E-state index contributed by atoms with van der Waals surface area (Å²) in [5.41, 5.74) is 6.42. The van der Waals surface area contributed by atoms with Gasteiger partial charge in [-0.2, -0.15) is 11.3 Å². The second-order valence-corrected chi connectivity index (χ2v) is 8.47. The molecule has 5 heteroatoms. The first kappa shape index (κ1) is 17.5. The first-order valence-electron chi connectivity index (χ1n) is 8.37. The quantitative estimate of drug-likeness (QED) is 0.819. The highest BCUT2D eigenvalue weighted by molar-refractivity contribution is 7.10. The van der Waals surface area contributed by atoms with E-state index in [2.05, 4.69) is 76.7 Å². The highest BCUT2D eigenvalue weighted by Crippen LogP contribution is 2.37. The van der Waals surface area contributed by atoms with Crippen LogP contribution in [0.15, 0.2) is 22.9 Å². The highest BCUT2D eigenvalue weighted by atomic mass is 32.1. The Hall–Kier alpha value is -1.30. The number of thiophene rings is 1. The lowest BCUT2D eigenvalue weighted by Crippen LogP contribution is -2.41. The molecule has 24 heavy (non-hydrogen) atoms. The van der Waals surface area contributed by atoms with Crippen molar-refractivity contribution < 1.29 is 9.31 Å². The molecule has 1 aromatic heterocycles. The van der Waals surface area contributed by atoms with Gasteiger partial charge in [-0.1, -0.05) is 17.7 Å². The Kier molecular flexibility index (Phi) is 4.31. The van der Waals surface area contributed by atoms with Gasteiger partial charge in [0.05, 0.1) is 11.2 Å². The van der Waals surface area contributed by atoms with Gasteiger partial charge in [0.25, 0.3) is 0 Å². The van der Waals surface area contributed by atoms with Gasteiger partial charge in [-0.25, -0.2) is 0 Å². The Morgan fingerprint density at radius 3 is 2.00 bits per heavy atom. The zero-order chi connectivity index (χ0) is 17.7. The number of nitrogens with one attached hydrogen (secondary N) is 1. The van der Waals surface area contributed by atoms with Crippen LogP contribution in [-0.2, 0) is 9.31 Å². The van der Waals surface area contributed by atoms with Crippen molar-refractivity contribution in [1.29, 1.82) is 0 Å². The van der Waals surface area contributed by atoms with Crippen molar-refractivity contribution in [3.8, 4) is 0 Å². The van der Waals surface area contributed by atoms with E-state index in [1.165, 1.54) is 16.7 Å². The van der Waals surface area contributed by atoms with E-state index in [1.807, 2.05) is 0 Å². The number of rotatable bonds is 3. The summed E-state index contributed by atoms with van der Waals surface area (Å²) in [7, 11) is -0.338. The molecule has 1 fully saturated rings. The second-order valence-electron chi connectivity index (χ2n) is 7.73. The first-order chi connectivity index (χ1) is 11.1. The van der Waals surface area contributed by atoms with Gasteiger partial charge in [0.15, 0.2) is 0 Å². The minimum absolute atomic E-state index is 0.327. The zero-order valence-electron chi connectivity index (χ0n) is 15.6. The summed E-state index contributed by atoms with van der Waals surface area (Å²) in [5.74, 6) is 0. The van der Waals surface area contributed by atoms with Crippen LogP contribution < -0.4 is 10.8 Å². The number of hydrogen-bond acceptors (Lipinski definition) is 4. The molecule has 2 heterocycles. The third-order valence-corrected chi connectivity index (χ3v) is 5.90. The van der Waals surface area contributed by atoms with Gasteiger partial charge in [-0.3, -0.25) is 0 Å². The van der Waals surface area contributed by atoms with E-state index in [1.54, 1.807) is 11.3 Å². The molecule has 1 saturated heterocycles. The Balaban J connectivity index is 1.91. The molecule has 128 valence electrons. The summed E-state index contributed by atoms with van der Waals surface area (Å²) in [6, 6.07) is 4.41. The van der Waals surface area contributed by atoms with Crippen molar-refractivity contribution in [2.45, 2.75) is 59.7 Å². The average Bonchev–Trinajstić information content (AvgIpc) is 2.96. The molecule has 1 aliphatic rings. The van der Waals surface area contributed by atoms with E-state index in [-0.39, 0.29) is 18.3 Å².